The topological polar surface area (TPSA) is 34.1 Å². The van der Waals surface area contributed by atoms with Crippen molar-refractivity contribution in [1.29, 1.82) is 0 Å². The molecule has 2 aromatic rings. The highest BCUT2D eigenvalue weighted by Crippen LogP contribution is 2.22. The molecule has 3 nitrogen and oxygen atoms in total. The fraction of sp³-hybridized carbons (Fsp3) is 0.357. The Morgan fingerprint density at radius 3 is 3.00 bits per heavy atom. The van der Waals surface area contributed by atoms with E-state index in [1.807, 2.05) is 11.4 Å². The summed E-state index contributed by atoms with van der Waals surface area (Å²) in [7, 11) is 0. The molecule has 1 heterocycles. The number of thiazole rings is 1. The van der Waals surface area contributed by atoms with Crippen LogP contribution in [0.5, 0.6) is 5.75 Å². The predicted molar refractivity (Wildman–Crippen MR) is 72.7 cm³/mol. The number of nitrogens with zero attached hydrogens (tertiary/aromatic N) is 1. The van der Waals surface area contributed by atoms with Gasteiger partial charge in [-0.15, -0.1) is 11.3 Å². The van der Waals surface area contributed by atoms with E-state index in [0.29, 0.717) is 19.2 Å². The number of benzene rings is 1. The Morgan fingerprint density at radius 2 is 2.32 bits per heavy atom. The Labute approximate surface area is 115 Å². The van der Waals surface area contributed by atoms with Crippen LogP contribution in [0, 0.1) is 5.82 Å². The zero-order valence-electron chi connectivity index (χ0n) is 10.4. The predicted octanol–water partition coefficient (Wildman–Crippen LogP) is 3.11. The van der Waals surface area contributed by atoms with Crippen LogP contribution in [0.1, 0.15) is 23.4 Å². The van der Waals surface area contributed by atoms with Crippen molar-refractivity contribution in [2.45, 2.75) is 32.0 Å². The summed E-state index contributed by atoms with van der Waals surface area (Å²) in [6.45, 7) is 1.03. The Bertz CT molecular complexity index is 540. The lowest BCUT2D eigenvalue weighted by atomic mass is 10.2. The largest absolute Gasteiger partial charge is 0.483 e. The highest BCUT2D eigenvalue weighted by atomic mass is 32.1. The summed E-state index contributed by atoms with van der Waals surface area (Å²) < 4.78 is 19.3. The van der Waals surface area contributed by atoms with Crippen LogP contribution in [-0.4, -0.2) is 11.0 Å². The molecule has 1 fully saturated rings. The molecule has 19 heavy (non-hydrogen) atoms. The van der Waals surface area contributed by atoms with Crippen molar-refractivity contribution in [3.8, 4) is 5.75 Å². The van der Waals surface area contributed by atoms with Crippen LogP contribution in [0.2, 0.25) is 0 Å². The first-order valence-electron chi connectivity index (χ1n) is 6.34. The number of aromatic nitrogens is 1. The molecule has 1 aromatic heterocycles. The first kappa shape index (κ1) is 12.6. The number of nitrogens with one attached hydrogen (secondary N) is 1. The maximum atomic E-state index is 13.8. The quantitative estimate of drug-likeness (QED) is 0.881. The average Bonchev–Trinajstić information content (AvgIpc) is 3.10. The summed E-state index contributed by atoms with van der Waals surface area (Å²) in [5.41, 5.74) is 0.950. The Morgan fingerprint density at radius 1 is 1.42 bits per heavy atom. The summed E-state index contributed by atoms with van der Waals surface area (Å²) in [5.74, 6) is -0.0305. The van der Waals surface area contributed by atoms with Crippen LogP contribution in [0.15, 0.2) is 29.8 Å². The minimum atomic E-state index is -0.313. The minimum Gasteiger partial charge on any atom is -0.483 e. The van der Waals surface area contributed by atoms with Gasteiger partial charge in [0.25, 0.3) is 0 Å². The fourth-order valence-electron chi connectivity index (χ4n) is 1.78. The fourth-order valence-corrected chi connectivity index (χ4v) is 2.31. The summed E-state index contributed by atoms with van der Waals surface area (Å²) in [6, 6.07) is 5.75. The van der Waals surface area contributed by atoms with Crippen LogP contribution in [-0.2, 0) is 13.2 Å². The second-order valence-corrected chi connectivity index (χ2v) is 5.61. The van der Waals surface area contributed by atoms with Crippen LogP contribution in [0.25, 0.3) is 0 Å². The van der Waals surface area contributed by atoms with Gasteiger partial charge in [-0.05, 0) is 30.5 Å². The van der Waals surface area contributed by atoms with Crippen molar-refractivity contribution in [2.75, 3.05) is 0 Å². The number of rotatable bonds is 6. The number of ether oxygens (including phenoxy) is 1. The van der Waals surface area contributed by atoms with Crippen molar-refractivity contribution in [3.05, 3.63) is 46.2 Å². The number of hydrogen-bond donors (Lipinski definition) is 1. The SMILES string of the molecule is Fc1cc(CNC2CC2)ccc1OCc1nccs1. The molecule has 1 aliphatic rings. The molecule has 0 spiro atoms. The second-order valence-electron chi connectivity index (χ2n) is 4.63. The molecule has 3 rings (SSSR count). The normalized spacial score (nSPS) is 14.6. The van der Waals surface area contributed by atoms with E-state index in [1.54, 1.807) is 12.3 Å². The smallest absolute Gasteiger partial charge is 0.165 e. The molecule has 1 saturated carbocycles. The van der Waals surface area contributed by atoms with Gasteiger partial charge in [0.2, 0.25) is 0 Å². The molecule has 1 aliphatic carbocycles. The molecule has 1 aromatic carbocycles. The molecule has 0 atom stereocenters. The summed E-state index contributed by atoms with van der Waals surface area (Å²) in [6.07, 6.45) is 4.18. The Kier molecular flexibility index (Phi) is 3.75. The van der Waals surface area contributed by atoms with Crippen LogP contribution in [0.3, 0.4) is 0 Å². The van der Waals surface area contributed by atoms with Crippen LogP contribution in [0.4, 0.5) is 4.39 Å². The van der Waals surface area contributed by atoms with E-state index in [9.17, 15) is 4.39 Å². The van der Waals surface area contributed by atoms with Crippen molar-refractivity contribution < 1.29 is 9.13 Å². The van der Waals surface area contributed by atoms with Gasteiger partial charge in [-0.3, -0.25) is 0 Å². The van der Waals surface area contributed by atoms with Crippen molar-refractivity contribution in [2.24, 2.45) is 0 Å². The third-order valence-corrected chi connectivity index (χ3v) is 3.76. The van der Waals surface area contributed by atoms with E-state index >= 15 is 0 Å². The Hall–Kier alpha value is -1.46. The van der Waals surface area contributed by atoms with E-state index in [-0.39, 0.29) is 11.6 Å². The lowest BCUT2D eigenvalue weighted by molar-refractivity contribution is 0.289. The minimum absolute atomic E-state index is 0.283. The van der Waals surface area contributed by atoms with Gasteiger partial charge < -0.3 is 10.1 Å². The molecule has 0 amide bonds. The summed E-state index contributed by atoms with van der Waals surface area (Å²) >= 11 is 1.50. The highest BCUT2D eigenvalue weighted by Gasteiger charge is 2.20. The van der Waals surface area contributed by atoms with Gasteiger partial charge in [0.15, 0.2) is 11.6 Å². The van der Waals surface area contributed by atoms with Crippen molar-refractivity contribution >= 4 is 11.3 Å². The van der Waals surface area contributed by atoms with Gasteiger partial charge in [-0.1, -0.05) is 6.07 Å². The lowest BCUT2D eigenvalue weighted by Gasteiger charge is -2.08. The van der Waals surface area contributed by atoms with Crippen molar-refractivity contribution in [3.63, 3.8) is 0 Å². The van der Waals surface area contributed by atoms with Gasteiger partial charge in [-0.2, -0.15) is 0 Å². The lowest BCUT2D eigenvalue weighted by Crippen LogP contribution is -2.15. The number of halogens is 1. The molecule has 0 saturated heterocycles. The molecule has 1 N–H and O–H groups in total. The van der Waals surface area contributed by atoms with Gasteiger partial charge >= 0.3 is 0 Å². The van der Waals surface area contributed by atoms with E-state index in [4.69, 9.17) is 4.74 Å². The van der Waals surface area contributed by atoms with E-state index in [2.05, 4.69) is 10.3 Å². The molecular weight excluding hydrogens is 263 g/mol. The van der Waals surface area contributed by atoms with E-state index < -0.39 is 0 Å². The second kappa shape index (κ2) is 5.67. The maximum absolute atomic E-state index is 13.8. The van der Waals surface area contributed by atoms with Gasteiger partial charge in [0.05, 0.1) is 0 Å². The molecule has 5 heteroatoms. The van der Waals surface area contributed by atoms with Crippen molar-refractivity contribution in [1.82, 2.24) is 10.3 Å². The van der Waals surface area contributed by atoms with E-state index in [1.165, 1.54) is 30.2 Å². The third kappa shape index (κ3) is 3.52. The standard InChI is InChI=1S/C14H15FN2OS/c15-12-7-10(8-17-11-2-3-11)1-4-13(12)18-9-14-16-5-6-19-14/h1,4-7,11,17H,2-3,8-9H2. The zero-order chi connectivity index (χ0) is 13.1. The number of hydrogen-bond acceptors (Lipinski definition) is 4. The van der Waals surface area contributed by atoms with E-state index in [0.717, 1.165) is 10.6 Å². The van der Waals surface area contributed by atoms with Gasteiger partial charge in [-0.25, -0.2) is 9.37 Å². The average molecular weight is 278 g/mol. The maximum Gasteiger partial charge on any atom is 0.165 e. The zero-order valence-corrected chi connectivity index (χ0v) is 11.3. The van der Waals surface area contributed by atoms with Gasteiger partial charge in [0.1, 0.15) is 11.6 Å². The molecule has 0 aliphatic heterocycles. The van der Waals surface area contributed by atoms with Crippen LogP contribution < -0.4 is 10.1 Å². The monoisotopic (exact) mass is 278 g/mol. The highest BCUT2D eigenvalue weighted by molar-refractivity contribution is 7.09. The first-order valence-corrected chi connectivity index (χ1v) is 7.22. The molecular formula is C14H15FN2OS. The Balaban J connectivity index is 1.58. The third-order valence-electron chi connectivity index (χ3n) is 3.00. The first-order chi connectivity index (χ1) is 9.31. The molecule has 0 radical (unpaired) electrons. The van der Waals surface area contributed by atoms with Gasteiger partial charge in [0, 0.05) is 24.2 Å². The molecule has 0 bridgehead atoms. The molecule has 0 unspecified atom stereocenters. The summed E-state index contributed by atoms with van der Waals surface area (Å²) in [5, 5.41) is 6.08. The molecule has 100 valence electrons. The van der Waals surface area contributed by atoms with Crippen LogP contribution >= 0.6 is 11.3 Å². The summed E-state index contributed by atoms with van der Waals surface area (Å²) in [4.78, 5) is 4.10.